The lowest BCUT2D eigenvalue weighted by atomic mass is 10.1. The summed E-state index contributed by atoms with van der Waals surface area (Å²) in [7, 11) is 0. The molecule has 0 aliphatic heterocycles. The molecule has 0 aliphatic carbocycles. The van der Waals surface area contributed by atoms with Crippen molar-refractivity contribution in [2.45, 2.75) is 12.8 Å². The Kier molecular flexibility index (Phi) is 4.66. The molecule has 0 spiro atoms. The number of rotatable bonds is 4. The summed E-state index contributed by atoms with van der Waals surface area (Å²) in [5.74, 6) is -0.417. The van der Waals surface area contributed by atoms with Gasteiger partial charge in [-0.15, -0.1) is 0 Å². The maximum Gasteiger partial charge on any atom is 0.143 e. The lowest BCUT2D eigenvalue weighted by Gasteiger charge is -2.04. The molecule has 1 aromatic heterocycles. The van der Waals surface area contributed by atoms with Crippen molar-refractivity contribution >= 4 is 33.3 Å². The van der Waals surface area contributed by atoms with Crippen LogP contribution in [0.3, 0.4) is 0 Å². The summed E-state index contributed by atoms with van der Waals surface area (Å²) < 4.78 is 13.8. The Labute approximate surface area is 123 Å². The van der Waals surface area contributed by atoms with Crippen LogP contribution >= 0.6 is 27.5 Å². The van der Waals surface area contributed by atoms with Crippen LogP contribution in [-0.2, 0) is 17.6 Å². The maximum atomic E-state index is 12.9. The molecule has 1 heterocycles. The minimum atomic E-state index is -0.407. The molecule has 98 valence electrons. The van der Waals surface area contributed by atoms with Gasteiger partial charge in [0.15, 0.2) is 0 Å². The number of carbonyl (C=O) groups excluding carboxylic acids is 1. The highest BCUT2D eigenvalue weighted by Gasteiger charge is 2.09. The van der Waals surface area contributed by atoms with E-state index >= 15 is 0 Å². The fourth-order valence-corrected chi connectivity index (χ4v) is 2.12. The van der Waals surface area contributed by atoms with Crippen molar-refractivity contribution < 1.29 is 9.18 Å². The molecule has 2 nitrogen and oxygen atoms in total. The molecule has 0 amide bonds. The first kappa shape index (κ1) is 14.2. The topological polar surface area (TPSA) is 30.0 Å². The third-order valence-electron chi connectivity index (χ3n) is 2.57. The highest BCUT2D eigenvalue weighted by atomic mass is 79.9. The molecule has 2 rings (SSSR count). The number of carbonyl (C=O) groups is 1. The van der Waals surface area contributed by atoms with Crippen molar-refractivity contribution in [1.82, 2.24) is 4.98 Å². The number of nitrogens with zero attached hydrogens (tertiary/aromatic N) is 1. The number of aromatic nitrogens is 1. The van der Waals surface area contributed by atoms with Crippen molar-refractivity contribution in [2.24, 2.45) is 0 Å². The molecule has 0 bridgehead atoms. The number of Topliss-reactive ketones (excluding diaryl/α,β-unsaturated/α-hetero) is 1. The summed E-state index contributed by atoms with van der Waals surface area (Å²) in [4.78, 5) is 16.0. The Morgan fingerprint density at radius 1 is 1.26 bits per heavy atom. The van der Waals surface area contributed by atoms with Crippen LogP contribution in [-0.4, -0.2) is 10.8 Å². The second-order valence-corrected chi connectivity index (χ2v) is 5.42. The Morgan fingerprint density at radius 3 is 2.68 bits per heavy atom. The van der Waals surface area contributed by atoms with Crippen LogP contribution in [0.25, 0.3) is 0 Å². The monoisotopic (exact) mass is 341 g/mol. The Morgan fingerprint density at radius 2 is 2.05 bits per heavy atom. The van der Waals surface area contributed by atoms with Gasteiger partial charge in [-0.3, -0.25) is 9.78 Å². The average molecular weight is 343 g/mol. The van der Waals surface area contributed by atoms with E-state index in [-0.39, 0.29) is 23.6 Å². The highest BCUT2D eigenvalue weighted by molar-refractivity contribution is 9.10. The van der Waals surface area contributed by atoms with Crippen molar-refractivity contribution in [1.29, 1.82) is 0 Å². The molecule has 5 heteroatoms. The van der Waals surface area contributed by atoms with Crippen molar-refractivity contribution in [3.63, 3.8) is 0 Å². The first-order valence-corrected chi connectivity index (χ1v) is 6.78. The van der Waals surface area contributed by atoms with Crippen LogP contribution in [0, 0.1) is 5.82 Å². The predicted molar refractivity (Wildman–Crippen MR) is 75.8 cm³/mol. The van der Waals surface area contributed by atoms with Crippen LogP contribution in [0.4, 0.5) is 4.39 Å². The summed E-state index contributed by atoms with van der Waals surface area (Å²) in [5, 5.41) is 0.275. The zero-order valence-electron chi connectivity index (χ0n) is 9.87. The molecule has 19 heavy (non-hydrogen) atoms. The second kappa shape index (κ2) is 6.26. The van der Waals surface area contributed by atoms with Gasteiger partial charge >= 0.3 is 0 Å². The predicted octanol–water partition coefficient (Wildman–Crippen LogP) is 3.99. The minimum Gasteiger partial charge on any atom is -0.299 e. The first-order valence-electron chi connectivity index (χ1n) is 5.60. The standard InChI is InChI=1S/C14H10BrClFNO/c15-10-2-4-12(18-8-10)7-13(19)5-9-1-3-11(17)6-14(9)16/h1-4,6,8H,5,7H2. The minimum absolute atomic E-state index is 0.0108. The summed E-state index contributed by atoms with van der Waals surface area (Å²) in [6.45, 7) is 0. The molecule has 0 fully saturated rings. The fraction of sp³-hybridized carbons (Fsp3) is 0.143. The molecule has 2 aromatic rings. The summed E-state index contributed by atoms with van der Waals surface area (Å²) in [6, 6.07) is 7.66. The molecule has 0 radical (unpaired) electrons. The molecular weight excluding hydrogens is 333 g/mol. The smallest absolute Gasteiger partial charge is 0.143 e. The number of halogens is 3. The molecule has 1 aromatic carbocycles. The van der Waals surface area contributed by atoms with Crippen LogP contribution < -0.4 is 0 Å². The van der Waals surface area contributed by atoms with Crippen molar-refractivity contribution in [3.05, 3.63) is 63.1 Å². The van der Waals surface area contributed by atoms with Gasteiger partial charge in [0, 0.05) is 34.2 Å². The lowest BCUT2D eigenvalue weighted by molar-refractivity contribution is -0.117. The van der Waals surface area contributed by atoms with Gasteiger partial charge in [-0.05, 0) is 45.8 Å². The van der Waals surface area contributed by atoms with E-state index in [0.717, 1.165) is 4.47 Å². The molecule has 0 saturated heterocycles. The quantitative estimate of drug-likeness (QED) is 0.841. The largest absolute Gasteiger partial charge is 0.299 e. The molecule has 0 N–H and O–H groups in total. The first-order chi connectivity index (χ1) is 9.04. The van der Waals surface area contributed by atoms with E-state index in [2.05, 4.69) is 20.9 Å². The number of ketones is 1. The average Bonchev–Trinajstić information content (AvgIpc) is 2.36. The van der Waals surface area contributed by atoms with Crippen LogP contribution in [0.2, 0.25) is 5.02 Å². The second-order valence-electron chi connectivity index (χ2n) is 4.10. The van der Waals surface area contributed by atoms with Gasteiger partial charge in [-0.25, -0.2) is 4.39 Å². The third-order valence-corrected chi connectivity index (χ3v) is 3.39. The van der Waals surface area contributed by atoms with E-state index in [1.54, 1.807) is 12.3 Å². The van der Waals surface area contributed by atoms with Gasteiger partial charge in [0.05, 0.1) is 0 Å². The number of hydrogen-bond donors (Lipinski definition) is 0. The van der Waals surface area contributed by atoms with Gasteiger partial charge in [0.25, 0.3) is 0 Å². The molecule has 0 saturated carbocycles. The summed E-state index contributed by atoms with van der Waals surface area (Å²) >= 11 is 9.16. The van der Waals surface area contributed by atoms with Crippen molar-refractivity contribution in [3.8, 4) is 0 Å². The zero-order chi connectivity index (χ0) is 13.8. The van der Waals surface area contributed by atoms with E-state index in [9.17, 15) is 9.18 Å². The van der Waals surface area contributed by atoms with E-state index in [1.807, 2.05) is 6.07 Å². The van der Waals surface area contributed by atoms with E-state index < -0.39 is 5.82 Å². The van der Waals surface area contributed by atoms with E-state index in [4.69, 9.17) is 11.6 Å². The van der Waals surface area contributed by atoms with E-state index in [0.29, 0.717) is 11.3 Å². The number of hydrogen-bond acceptors (Lipinski definition) is 2. The van der Waals surface area contributed by atoms with Gasteiger partial charge in [0.1, 0.15) is 11.6 Å². The normalized spacial score (nSPS) is 10.5. The molecule has 0 unspecified atom stereocenters. The maximum absolute atomic E-state index is 12.9. The Hall–Kier alpha value is -1.26. The summed E-state index contributed by atoms with van der Waals surface area (Å²) in [6.07, 6.45) is 2.06. The van der Waals surface area contributed by atoms with Gasteiger partial charge in [-0.2, -0.15) is 0 Å². The zero-order valence-corrected chi connectivity index (χ0v) is 12.2. The van der Waals surface area contributed by atoms with Crippen molar-refractivity contribution in [2.75, 3.05) is 0 Å². The Bertz CT molecular complexity index is 601. The lowest BCUT2D eigenvalue weighted by Crippen LogP contribution is -2.08. The van der Waals surface area contributed by atoms with Gasteiger partial charge in [-0.1, -0.05) is 17.7 Å². The van der Waals surface area contributed by atoms with Crippen LogP contribution in [0.5, 0.6) is 0 Å². The fourth-order valence-electron chi connectivity index (χ4n) is 1.65. The number of benzene rings is 1. The Balaban J connectivity index is 2.03. The SMILES string of the molecule is O=C(Cc1ccc(Br)cn1)Cc1ccc(F)cc1Cl. The number of pyridine rings is 1. The van der Waals surface area contributed by atoms with Crippen LogP contribution in [0.15, 0.2) is 41.0 Å². The third kappa shape index (κ3) is 4.11. The molecule has 0 aliphatic rings. The highest BCUT2D eigenvalue weighted by Crippen LogP contribution is 2.18. The summed E-state index contributed by atoms with van der Waals surface area (Å²) in [5.41, 5.74) is 1.33. The van der Waals surface area contributed by atoms with Gasteiger partial charge in [0.2, 0.25) is 0 Å². The van der Waals surface area contributed by atoms with Crippen LogP contribution in [0.1, 0.15) is 11.3 Å². The molecule has 0 atom stereocenters. The van der Waals surface area contributed by atoms with E-state index in [1.165, 1.54) is 18.2 Å². The molecular formula is C14H10BrClFNO. The van der Waals surface area contributed by atoms with Gasteiger partial charge < -0.3 is 0 Å².